The monoisotopic (exact) mass is 414 g/mol. The molecule has 4 rings (SSSR count). The molecule has 8 nitrogen and oxygen atoms in total. The van der Waals surface area contributed by atoms with Gasteiger partial charge in [-0.25, -0.2) is 14.6 Å². The van der Waals surface area contributed by atoms with Gasteiger partial charge in [0.2, 0.25) is 0 Å². The third kappa shape index (κ3) is 4.55. The van der Waals surface area contributed by atoms with E-state index < -0.39 is 0 Å². The summed E-state index contributed by atoms with van der Waals surface area (Å²) in [4.78, 5) is 24.0. The van der Waals surface area contributed by atoms with Gasteiger partial charge in [-0.1, -0.05) is 18.7 Å². The molecule has 4 heterocycles. The molecule has 0 radical (unpaired) electrons. The Morgan fingerprint density at radius 3 is 2.90 bits per heavy atom. The maximum absolute atomic E-state index is 12.1. The number of rotatable bonds is 8. The molecule has 1 aliphatic rings. The van der Waals surface area contributed by atoms with E-state index >= 15 is 0 Å². The van der Waals surface area contributed by atoms with Crippen molar-refractivity contribution in [2.45, 2.75) is 44.3 Å². The second-order valence-electron chi connectivity index (χ2n) is 7.06. The highest BCUT2D eigenvalue weighted by Crippen LogP contribution is 2.29. The molecule has 0 aliphatic carbocycles. The summed E-state index contributed by atoms with van der Waals surface area (Å²) in [5.41, 5.74) is 0.825. The largest absolute Gasteiger partial charge is 0.459 e. The van der Waals surface area contributed by atoms with Crippen LogP contribution in [0.4, 0.5) is 5.82 Å². The Balaban J connectivity index is 1.55. The van der Waals surface area contributed by atoms with E-state index in [9.17, 15) is 4.79 Å². The molecule has 1 amide bonds. The van der Waals surface area contributed by atoms with Crippen LogP contribution in [0.25, 0.3) is 11.0 Å². The molecule has 0 saturated carbocycles. The molecule has 0 spiro atoms. The van der Waals surface area contributed by atoms with Crippen molar-refractivity contribution in [3.8, 4) is 0 Å². The van der Waals surface area contributed by atoms with Crippen LogP contribution in [0.5, 0.6) is 0 Å². The molecule has 1 saturated heterocycles. The number of carbonyl (C=O) groups is 1. The number of thioether (sulfide) groups is 1. The lowest BCUT2D eigenvalue weighted by atomic mass is 10.1. The van der Waals surface area contributed by atoms with Crippen LogP contribution in [0, 0.1) is 0 Å². The minimum atomic E-state index is -0.228. The van der Waals surface area contributed by atoms with Gasteiger partial charge in [-0.15, -0.1) is 0 Å². The van der Waals surface area contributed by atoms with E-state index in [1.807, 2.05) is 10.9 Å². The van der Waals surface area contributed by atoms with Crippen LogP contribution >= 0.6 is 11.8 Å². The summed E-state index contributed by atoms with van der Waals surface area (Å²) in [7, 11) is 0. The highest BCUT2D eigenvalue weighted by Gasteiger charge is 2.20. The first-order valence-corrected chi connectivity index (χ1v) is 11.2. The normalized spacial score (nSPS) is 14.4. The fourth-order valence-corrected chi connectivity index (χ4v) is 4.15. The molecular formula is C20H26N6O2S. The summed E-state index contributed by atoms with van der Waals surface area (Å²) in [5, 5.41) is 9.17. The fraction of sp³-hybridized carbons (Fsp3) is 0.500. The number of piperidine rings is 1. The van der Waals surface area contributed by atoms with Gasteiger partial charge in [0.1, 0.15) is 5.82 Å². The lowest BCUT2D eigenvalue weighted by Gasteiger charge is -2.28. The topological polar surface area (TPSA) is 89.1 Å². The number of furan rings is 1. The van der Waals surface area contributed by atoms with Crippen LogP contribution in [0.2, 0.25) is 0 Å². The zero-order chi connectivity index (χ0) is 20.1. The van der Waals surface area contributed by atoms with E-state index in [1.54, 1.807) is 23.9 Å². The highest BCUT2D eigenvalue weighted by atomic mass is 32.2. The number of nitrogens with one attached hydrogen (secondary N) is 1. The summed E-state index contributed by atoms with van der Waals surface area (Å²) >= 11 is 1.68. The number of fused-ring (bicyclic) bond motifs is 1. The van der Waals surface area contributed by atoms with Crippen molar-refractivity contribution in [1.29, 1.82) is 0 Å². The first kappa shape index (κ1) is 19.8. The van der Waals surface area contributed by atoms with Crippen molar-refractivity contribution in [2.24, 2.45) is 0 Å². The van der Waals surface area contributed by atoms with E-state index in [-0.39, 0.29) is 5.91 Å². The minimum Gasteiger partial charge on any atom is -0.459 e. The van der Waals surface area contributed by atoms with Gasteiger partial charge in [0.05, 0.1) is 24.4 Å². The molecule has 1 fully saturated rings. The van der Waals surface area contributed by atoms with Crippen LogP contribution in [-0.2, 0) is 6.54 Å². The smallest absolute Gasteiger partial charge is 0.287 e. The van der Waals surface area contributed by atoms with E-state index in [2.05, 4.69) is 22.2 Å². The van der Waals surface area contributed by atoms with Gasteiger partial charge in [-0.05, 0) is 37.8 Å². The molecule has 1 aliphatic heterocycles. The van der Waals surface area contributed by atoms with Crippen molar-refractivity contribution in [1.82, 2.24) is 25.1 Å². The second kappa shape index (κ2) is 9.30. The van der Waals surface area contributed by atoms with Gasteiger partial charge in [0.25, 0.3) is 5.91 Å². The van der Waals surface area contributed by atoms with Gasteiger partial charge >= 0.3 is 0 Å². The predicted molar refractivity (Wildman–Crippen MR) is 113 cm³/mol. The van der Waals surface area contributed by atoms with E-state index in [4.69, 9.17) is 14.4 Å². The second-order valence-corrected chi connectivity index (χ2v) is 8.13. The van der Waals surface area contributed by atoms with Gasteiger partial charge in [0.15, 0.2) is 16.6 Å². The van der Waals surface area contributed by atoms with Crippen LogP contribution in [-0.4, -0.2) is 51.0 Å². The Kier molecular flexibility index (Phi) is 6.33. The zero-order valence-electron chi connectivity index (χ0n) is 16.6. The summed E-state index contributed by atoms with van der Waals surface area (Å²) in [5.74, 6) is 2.05. The molecule has 9 heteroatoms. The Morgan fingerprint density at radius 2 is 2.14 bits per heavy atom. The Bertz CT molecular complexity index is 949. The molecule has 0 unspecified atom stereocenters. The molecular weight excluding hydrogens is 388 g/mol. The van der Waals surface area contributed by atoms with Gasteiger partial charge in [-0.2, -0.15) is 5.10 Å². The quantitative estimate of drug-likeness (QED) is 0.447. The van der Waals surface area contributed by atoms with Gasteiger partial charge in [-0.3, -0.25) is 4.79 Å². The highest BCUT2D eigenvalue weighted by molar-refractivity contribution is 7.99. The molecule has 0 atom stereocenters. The summed E-state index contributed by atoms with van der Waals surface area (Å²) in [6.07, 6.45) is 8.07. The van der Waals surface area contributed by atoms with E-state index in [1.165, 1.54) is 25.5 Å². The van der Waals surface area contributed by atoms with Gasteiger partial charge in [0, 0.05) is 25.4 Å². The molecule has 1 N–H and O–H groups in total. The predicted octanol–water partition coefficient (Wildman–Crippen LogP) is 3.34. The molecule has 3 aromatic rings. The lowest BCUT2D eigenvalue weighted by molar-refractivity contribution is 0.0924. The molecule has 29 heavy (non-hydrogen) atoms. The van der Waals surface area contributed by atoms with Crippen LogP contribution < -0.4 is 10.2 Å². The number of nitrogens with zero attached hydrogens (tertiary/aromatic N) is 5. The molecule has 154 valence electrons. The summed E-state index contributed by atoms with van der Waals surface area (Å²) in [6, 6.07) is 3.35. The van der Waals surface area contributed by atoms with Crippen LogP contribution in [0.15, 0.2) is 34.2 Å². The van der Waals surface area contributed by atoms with Crippen LogP contribution in [0.1, 0.15) is 43.2 Å². The zero-order valence-corrected chi connectivity index (χ0v) is 17.5. The van der Waals surface area contributed by atoms with Crippen molar-refractivity contribution in [3.63, 3.8) is 0 Å². The fourth-order valence-electron chi connectivity index (χ4n) is 3.46. The lowest BCUT2D eigenvalue weighted by Crippen LogP contribution is -2.30. The van der Waals surface area contributed by atoms with Crippen molar-refractivity contribution in [3.05, 3.63) is 30.4 Å². The maximum Gasteiger partial charge on any atom is 0.287 e. The van der Waals surface area contributed by atoms with Crippen LogP contribution in [0.3, 0.4) is 0 Å². The SMILES string of the molecule is CCCSc1nc(N2CCCCC2)c2cnn(CCNC(=O)c3ccco3)c2n1. The summed E-state index contributed by atoms with van der Waals surface area (Å²) < 4.78 is 6.98. The number of hydrogen-bond acceptors (Lipinski definition) is 7. The van der Waals surface area contributed by atoms with E-state index in [0.717, 1.165) is 47.3 Å². The first-order chi connectivity index (χ1) is 14.3. The average Bonchev–Trinajstić information content (AvgIpc) is 3.43. The molecule has 0 bridgehead atoms. The third-order valence-corrected chi connectivity index (χ3v) is 5.95. The average molecular weight is 415 g/mol. The number of aromatic nitrogens is 4. The van der Waals surface area contributed by atoms with E-state index in [0.29, 0.717) is 18.8 Å². The Labute approximate surface area is 174 Å². The molecule has 3 aromatic heterocycles. The number of hydrogen-bond donors (Lipinski definition) is 1. The summed E-state index contributed by atoms with van der Waals surface area (Å²) in [6.45, 7) is 5.17. The minimum absolute atomic E-state index is 0.228. The van der Waals surface area contributed by atoms with Crippen molar-refractivity contribution in [2.75, 3.05) is 30.3 Å². The Morgan fingerprint density at radius 1 is 1.28 bits per heavy atom. The Hall–Kier alpha value is -2.55. The standard InChI is InChI=1S/C20H26N6O2S/c1-2-13-29-20-23-17(25-9-4-3-5-10-25)15-14-22-26(18(15)24-20)11-8-21-19(27)16-7-6-12-28-16/h6-7,12,14H,2-5,8-11,13H2,1H3,(H,21,27). The maximum atomic E-state index is 12.1. The number of amides is 1. The van der Waals surface area contributed by atoms with Crippen molar-refractivity contribution >= 4 is 34.5 Å². The molecule has 0 aromatic carbocycles. The number of anilines is 1. The first-order valence-electron chi connectivity index (χ1n) is 10.2. The third-order valence-electron chi connectivity index (χ3n) is 4.90. The van der Waals surface area contributed by atoms with Gasteiger partial charge < -0.3 is 14.6 Å². The number of carbonyl (C=O) groups excluding carboxylic acids is 1. The van der Waals surface area contributed by atoms with Crippen molar-refractivity contribution < 1.29 is 9.21 Å².